The SMILES string of the molecule is COc1ccccc1OCC(CN)Cc1ccco1. The summed E-state index contributed by atoms with van der Waals surface area (Å²) in [6.07, 6.45) is 2.45. The Balaban J connectivity index is 1.92. The lowest BCUT2D eigenvalue weighted by atomic mass is 10.1. The molecule has 0 aliphatic rings. The highest BCUT2D eigenvalue weighted by Crippen LogP contribution is 2.26. The van der Waals surface area contributed by atoms with E-state index in [-0.39, 0.29) is 5.92 Å². The summed E-state index contributed by atoms with van der Waals surface area (Å²) < 4.78 is 16.4. The molecule has 0 amide bonds. The first-order chi connectivity index (χ1) is 9.33. The number of ether oxygens (including phenoxy) is 2. The molecule has 0 aliphatic heterocycles. The maximum Gasteiger partial charge on any atom is 0.161 e. The molecule has 1 aromatic heterocycles. The Morgan fingerprint density at radius 1 is 1.16 bits per heavy atom. The molecule has 4 nitrogen and oxygen atoms in total. The number of hydrogen-bond acceptors (Lipinski definition) is 4. The van der Waals surface area contributed by atoms with Gasteiger partial charge in [-0.3, -0.25) is 0 Å². The van der Waals surface area contributed by atoms with Crippen molar-refractivity contribution in [2.75, 3.05) is 20.3 Å². The molecule has 0 radical (unpaired) electrons. The van der Waals surface area contributed by atoms with E-state index >= 15 is 0 Å². The minimum absolute atomic E-state index is 0.219. The van der Waals surface area contributed by atoms with Gasteiger partial charge in [-0.15, -0.1) is 0 Å². The largest absolute Gasteiger partial charge is 0.493 e. The second kappa shape index (κ2) is 6.85. The van der Waals surface area contributed by atoms with Crippen molar-refractivity contribution in [2.24, 2.45) is 11.7 Å². The number of furan rings is 1. The van der Waals surface area contributed by atoms with Gasteiger partial charge in [0.15, 0.2) is 11.5 Å². The van der Waals surface area contributed by atoms with Crippen LogP contribution in [-0.4, -0.2) is 20.3 Å². The molecule has 1 atom stereocenters. The second-order valence-corrected chi connectivity index (χ2v) is 4.35. The summed E-state index contributed by atoms with van der Waals surface area (Å²) in [5.41, 5.74) is 5.77. The van der Waals surface area contributed by atoms with Crippen molar-refractivity contribution in [2.45, 2.75) is 6.42 Å². The number of nitrogens with two attached hydrogens (primary N) is 1. The summed E-state index contributed by atoms with van der Waals surface area (Å²) in [5, 5.41) is 0. The third-order valence-electron chi connectivity index (χ3n) is 2.95. The molecule has 0 fully saturated rings. The Morgan fingerprint density at radius 2 is 1.95 bits per heavy atom. The van der Waals surface area contributed by atoms with Gasteiger partial charge in [-0.05, 0) is 30.8 Å². The molecule has 0 saturated carbocycles. The van der Waals surface area contributed by atoms with E-state index in [1.54, 1.807) is 13.4 Å². The van der Waals surface area contributed by atoms with E-state index in [4.69, 9.17) is 19.6 Å². The van der Waals surface area contributed by atoms with Gasteiger partial charge in [-0.1, -0.05) is 12.1 Å². The molecule has 0 bridgehead atoms. The molecule has 19 heavy (non-hydrogen) atoms. The van der Waals surface area contributed by atoms with Crippen molar-refractivity contribution in [1.82, 2.24) is 0 Å². The highest BCUT2D eigenvalue weighted by molar-refractivity contribution is 5.39. The fraction of sp³-hybridized carbons (Fsp3) is 0.333. The zero-order chi connectivity index (χ0) is 13.5. The van der Waals surface area contributed by atoms with Crippen molar-refractivity contribution in [3.05, 3.63) is 48.4 Å². The van der Waals surface area contributed by atoms with E-state index in [0.717, 1.165) is 23.7 Å². The Labute approximate surface area is 113 Å². The molecule has 0 aliphatic carbocycles. The lowest BCUT2D eigenvalue weighted by Crippen LogP contribution is -2.23. The van der Waals surface area contributed by atoms with Crippen LogP contribution in [0.4, 0.5) is 0 Å². The van der Waals surface area contributed by atoms with Crippen LogP contribution in [0.3, 0.4) is 0 Å². The van der Waals surface area contributed by atoms with Gasteiger partial charge in [-0.2, -0.15) is 0 Å². The van der Waals surface area contributed by atoms with Gasteiger partial charge in [0.1, 0.15) is 5.76 Å². The quantitative estimate of drug-likeness (QED) is 0.832. The van der Waals surface area contributed by atoms with Crippen LogP contribution < -0.4 is 15.2 Å². The summed E-state index contributed by atoms with van der Waals surface area (Å²) >= 11 is 0. The number of hydrogen-bond donors (Lipinski definition) is 1. The first-order valence-corrected chi connectivity index (χ1v) is 6.31. The van der Waals surface area contributed by atoms with Crippen LogP contribution in [0.5, 0.6) is 11.5 Å². The zero-order valence-corrected chi connectivity index (χ0v) is 11.0. The van der Waals surface area contributed by atoms with Crippen molar-refractivity contribution >= 4 is 0 Å². The highest BCUT2D eigenvalue weighted by Gasteiger charge is 2.12. The molecule has 1 unspecified atom stereocenters. The standard InChI is InChI=1S/C15H19NO3/c1-17-14-6-2-3-7-15(14)19-11-12(10-16)9-13-5-4-8-18-13/h2-8,12H,9-11,16H2,1H3. The van der Waals surface area contributed by atoms with Crippen LogP contribution in [0.1, 0.15) is 5.76 Å². The third-order valence-corrected chi connectivity index (χ3v) is 2.95. The summed E-state index contributed by atoms with van der Waals surface area (Å²) in [6, 6.07) is 11.4. The predicted molar refractivity (Wildman–Crippen MR) is 73.4 cm³/mol. The van der Waals surface area contributed by atoms with Gasteiger partial charge in [0.25, 0.3) is 0 Å². The Hall–Kier alpha value is -1.94. The Bertz CT molecular complexity index is 482. The van der Waals surface area contributed by atoms with Crippen LogP contribution in [0.25, 0.3) is 0 Å². The van der Waals surface area contributed by atoms with Crippen LogP contribution in [0.2, 0.25) is 0 Å². The molecule has 0 saturated heterocycles. The van der Waals surface area contributed by atoms with Crippen LogP contribution in [0.15, 0.2) is 47.1 Å². The van der Waals surface area contributed by atoms with Crippen molar-refractivity contribution in [3.63, 3.8) is 0 Å². The lowest BCUT2D eigenvalue weighted by Gasteiger charge is -2.16. The van der Waals surface area contributed by atoms with Crippen molar-refractivity contribution < 1.29 is 13.9 Å². The average molecular weight is 261 g/mol. The summed E-state index contributed by atoms with van der Waals surface area (Å²) in [6.45, 7) is 1.09. The van der Waals surface area contributed by atoms with Crippen LogP contribution >= 0.6 is 0 Å². The normalized spacial score (nSPS) is 12.1. The number of para-hydroxylation sites is 2. The number of benzene rings is 1. The summed E-state index contributed by atoms with van der Waals surface area (Å²) in [5.74, 6) is 2.62. The summed E-state index contributed by atoms with van der Waals surface area (Å²) in [7, 11) is 1.63. The minimum atomic E-state index is 0.219. The number of methoxy groups -OCH3 is 1. The third kappa shape index (κ3) is 3.76. The Morgan fingerprint density at radius 3 is 2.58 bits per heavy atom. The Kier molecular flexibility index (Phi) is 4.86. The highest BCUT2D eigenvalue weighted by atomic mass is 16.5. The minimum Gasteiger partial charge on any atom is -0.493 e. The fourth-order valence-corrected chi connectivity index (χ4v) is 1.87. The van der Waals surface area contributed by atoms with E-state index in [1.165, 1.54) is 0 Å². The van der Waals surface area contributed by atoms with Crippen LogP contribution in [-0.2, 0) is 6.42 Å². The van der Waals surface area contributed by atoms with Crippen molar-refractivity contribution in [1.29, 1.82) is 0 Å². The first-order valence-electron chi connectivity index (χ1n) is 6.31. The zero-order valence-electron chi connectivity index (χ0n) is 11.0. The maximum atomic E-state index is 5.78. The van der Waals surface area contributed by atoms with E-state index in [9.17, 15) is 0 Å². The number of rotatable bonds is 7. The van der Waals surface area contributed by atoms with Gasteiger partial charge >= 0.3 is 0 Å². The van der Waals surface area contributed by atoms with Gasteiger partial charge in [-0.25, -0.2) is 0 Å². The van der Waals surface area contributed by atoms with Gasteiger partial charge in [0, 0.05) is 12.3 Å². The molecule has 102 valence electrons. The van der Waals surface area contributed by atoms with E-state index in [0.29, 0.717) is 13.2 Å². The molecular weight excluding hydrogens is 242 g/mol. The van der Waals surface area contributed by atoms with E-state index in [1.807, 2.05) is 36.4 Å². The predicted octanol–water partition coefficient (Wildman–Crippen LogP) is 2.48. The molecule has 1 heterocycles. The average Bonchev–Trinajstić information content (AvgIpc) is 2.96. The van der Waals surface area contributed by atoms with Crippen molar-refractivity contribution in [3.8, 4) is 11.5 Å². The molecule has 2 rings (SSSR count). The van der Waals surface area contributed by atoms with E-state index in [2.05, 4.69) is 0 Å². The first kappa shape index (κ1) is 13.5. The fourth-order valence-electron chi connectivity index (χ4n) is 1.87. The second-order valence-electron chi connectivity index (χ2n) is 4.35. The summed E-state index contributed by atoms with van der Waals surface area (Å²) in [4.78, 5) is 0. The topological polar surface area (TPSA) is 57.6 Å². The molecule has 2 N–H and O–H groups in total. The molecule has 4 heteroatoms. The van der Waals surface area contributed by atoms with Gasteiger partial charge in [0.2, 0.25) is 0 Å². The molecule has 1 aromatic carbocycles. The molecule has 0 spiro atoms. The smallest absolute Gasteiger partial charge is 0.161 e. The molecule has 2 aromatic rings. The van der Waals surface area contributed by atoms with Gasteiger partial charge < -0.3 is 19.6 Å². The lowest BCUT2D eigenvalue weighted by molar-refractivity contribution is 0.235. The maximum absolute atomic E-state index is 5.78. The molecular formula is C15H19NO3. The van der Waals surface area contributed by atoms with Gasteiger partial charge in [0.05, 0.1) is 20.0 Å². The van der Waals surface area contributed by atoms with E-state index < -0.39 is 0 Å². The van der Waals surface area contributed by atoms with Crippen LogP contribution in [0, 0.1) is 5.92 Å². The monoisotopic (exact) mass is 261 g/mol.